The fraction of sp³-hybridized carbons (Fsp3) is 0.143. The van der Waals surface area contributed by atoms with E-state index < -0.39 is 29.3 Å². The number of urea groups is 1. The second-order valence-electron chi connectivity index (χ2n) is 4.52. The molecule has 1 N–H and O–H groups in total. The number of aromatic nitrogens is 1. The normalized spacial score (nSPS) is 10.4. The van der Waals surface area contributed by atoms with Crippen LogP contribution in [0.2, 0.25) is 0 Å². The van der Waals surface area contributed by atoms with Crippen LogP contribution in [0, 0.1) is 23.3 Å². The molecule has 2 rings (SSSR count). The van der Waals surface area contributed by atoms with Gasteiger partial charge >= 0.3 is 6.03 Å². The van der Waals surface area contributed by atoms with Gasteiger partial charge in [0.05, 0.1) is 11.9 Å². The molecule has 0 saturated carbocycles. The highest BCUT2D eigenvalue weighted by Gasteiger charge is 2.15. The Labute approximate surface area is 123 Å². The molecule has 0 fully saturated rings. The number of rotatable bonds is 3. The van der Waals surface area contributed by atoms with Crippen LogP contribution >= 0.6 is 0 Å². The SMILES string of the molecule is CN(Cc1cc(F)c(F)c(F)c1)C(=O)Nc1ccncc1F. The molecule has 22 heavy (non-hydrogen) atoms. The molecule has 0 atom stereocenters. The van der Waals surface area contributed by atoms with Crippen molar-refractivity contribution in [3.63, 3.8) is 0 Å². The Morgan fingerprint density at radius 2 is 1.82 bits per heavy atom. The van der Waals surface area contributed by atoms with Gasteiger partial charge < -0.3 is 10.2 Å². The molecular weight excluding hydrogens is 302 g/mol. The minimum absolute atomic E-state index is 0.0595. The van der Waals surface area contributed by atoms with Crippen LogP contribution in [0.4, 0.5) is 28.0 Å². The third-order valence-electron chi connectivity index (χ3n) is 2.82. The number of anilines is 1. The molecule has 0 unspecified atom stereocenters. The van der Waals surface area contributed by atoms with Crippen molar-refractivity contribution in [2.24, 2.45) is 0 Å². The highest BCUT2D eigenvalue weighted by molar-refractivity contribution is 5.89. The molecule has 0 aliphatic rings. The van der Waals surface area contributed by atoms with Gasteiger partial charge in [-0.2, -0.15) is 0 Å². The molecular formula is C14H11F4N3O. The fourth-order valence-corrected chi connectivity index (χ4v) is 1.73. The maximum Gasteiger partial charge on any atom is 0.321 e. The molecule has 0 bridgehead atoms. The molecule has 0 saturated heterocycles. The molecule has 0 aliphatic heterocycles. The number of carbonyl (C=O) groups is 1. The van der Waals surface area contributed by atoms with Gasteiger partial charge in [0, 0.05) is 19.8 Å². The Bertz CT molecular complexity index is 685. The van der Waals surface area contributed by atoms with E-state index in [1.165, 1.54) is 19.3 Å². The zero-order chi connectivity index (χ0) is 16.3. The molecule has 1 aromatic heterocycles. The smallest absolute Gasteiger partial charge is 0.321 e. The number of hydrogen-bond donors (Lipinski definition) is 1. The van der Waals surface area contributed by atoms with Crippen molar-refractivity contribution >= 4 is 11.7 Å². The fourth-order valence-electron chi connectivity index (χ4n) is 1.73. The van der Waals surface area contributed by atoms with Crippen molar-refractivity contribution in [1.82, 2.24) is 9.88 Å². The number of carbonyl (C=O) groups excluding carboxylic acids is 1. The van der Waals surface area contributed by atoms with Crippen LogP contribution < -0.4 is 5.32 Å². The van der Waals surface area contributed by atoms with E-state index in [0.29, 0.717) is 0 Å². The Hall–Kier alpha value is -2.64. The van der Waals surface area contributed by atoms with Gasteiger partial charge in [0.2, 0.25) is 0 Å². The van der Waals surface area contributed by atoms with E-state index in [-0.39, 0.29) is 17.8 Å². The summed E-state index contributed by atoms with van der Waals surface area (Å²) in [5, 5.41) is 2.28. The first kappa shape index (κ1) is 15.7. The van der Waals surface area contributed by atoms with Crippen molar-refractivity contribution in [2.75, 3.05) is 12.4 Å². The first-order valence-corrected chi connectivity index (χ1v) is 6.13. The number of nitrogens with one attached hydrogen (secondary N) is 1. The predicted molar refractivity (Wildman–Crippen MR) is 71.0 cm³/mol. The lowest BCUT2D eigenvalue weighted by atomic mass is 10.2. The molecule has 1 aromatic carbocycles. The first-order valence-electron chi connectivity index (χ1n) is 6.13. The Balaban J connectivity index is 2.07. The lowest BCUT2D eigenvalue weighted by molar-refractivity contribution is 0.220. The topological polar surface area (TPSA) is 45.2 Å². The molecule has 1 heterocycles. The van der Waals surface area contributed by atoms with Crippen LogP contribution in [0.5, 0.6) is 0 Å². The number of benzene rings is 1. The second-order valence-corrected chi connectivity index (χ2v) is 4.52. The Morgan fingerprint density at radius 3 is 2.41 bits per heavy atom. The summed E-state index contributed by atoms with van der Waals surface area (Å²) in [6.07, 6.45) is 2.23. The van der Waals surface area contributed by atoms with Gasteiger partial charge in [-0.1, -0.05) is 0 Å². The van der Waals surface area contributed by atoms with Crippen LogP contribution in [-0.2, 0) is 6.54 Å². The van der Waals surface area contributed by atoms with Gasteiger partial charge in [-0.25, -0.2) is 22.4 Å². The van der Waals surface area contributed by atoms with Crippen LogP contribution in [-0.4, -0.2) is 23.0 Å². The van der Waals surface area contributed by atoms with Crippen LogP contribution in [0.1, 0.15) is 5.56 Å². The number of nitrogens with zero attached hydrogens (tertiary/aromatic N) is 2. The molecule has 8 heteroatoms. The number of amides is 2. The summed E-state index contributed by atoms with van der Waals surface area (Å²) in [5.41, 5.74) is -0.0208. The van der Waals surface area contributed by atoms with Crippen molar-refractivity contribution in [2.45, 2.75) is 6.54 Å². The van der Waals surface area contributed by atoms with Crippen molar-refractivity contribution in [1.29, 1.82) is 0 Å². The quantitative estimate of drug-likeness (QED) is 0.698. The van der Waals surface area contributed by atoms with E-state index in [9.17, 15) is 22.4 Å². The summed E-state index contributed by atoms with van der Waals surface area (Å²) >= 11 is 0. The highest BCUT2D eigenvalue weighted by atomic mass is 19.2. The number of hydrogen-bond acceptors (Lipinski definition) is 2. The van der Waals surface area contributed by atoms with E-state index in [2.05, 4.69) is 10.3 Å². The summed E-state index contributed by atoms with van der Waals surface area (Å²) in [6.45, 7) is -0.188. The minimum atomic E-state index is -1.57. The zero-order valence-corrected chi connectivity index (χ0v) is 11.4. The van der Waals surface area contributed by atoms with Gasteiger partial charge in [0.25, 0.3) is 0 Å². The van der Waals surface area contributed by atoms with Gasteiger partial charge in [-0.3, -0.25) is 4.98 Å². The van der Waals surface area contributed by atoms with E-state index in [1.807, 2.05) is 0 Å². The zero-order valence-electron chi connectivity index (χ0n) is 11.4. The first-order chi connectivity index (χ1) is 10.4. The average molecular weight is 313 g/mol. The third-order valence-corrected chi connectivity index (χ3v) is 2.82. The summed E-state index contributed by atoms with van der Waals surface area (Å²) in [4.78, 5) is 16.5. The minimum Gasteiger partial charge on any atom is -0.323 e. The van der Waals surface area contributed by atoms with Crippen molar-refractivity contribution in [3.8, 4) is 0 Å². The van der Waals surface area contributed by atoms with Gasteiger partial charge in [0.15, 0.2) is 23.3 Å². The highest BCUT2D eigenvalue weighted by Crippen LogP contribution is 2.16. The molecule has 0 spiro atoms. The molecule has 0 radical (unpaired) electrons. The van der Waals surface area contributed by atoms with Gasteiger partial charge in [-0.05, 0) is 23.8 Å². The van der Waals surface area contributed by atoms with Crippen molar-refractivity contribution in [3.05, 3.63) is 59.4 Å². The third kappa shape index (κ3) is 3.51. The number of pyridine rings is 1. The lowest BCUT2D eigenvalue weighted by Gasteiger charge is -2.18. The largest absolute Gasteiger partial charge is 0.323 e. The van der Waals surface area contributed by atoms with Gasteiger partial charge in [0.1, 0.15) is 0 Å². The summed E-state index contributed by atoms with van der Waals surface area (Å²) in [6, 6.07) is 2.14. The van der Waals surface area contributed by atoms with E-state index >= 15 is 0 Å². The maximum absolute atomic E-state index is 13.4. The molecule has 116 valence electrons. The van der Waals surface area contributed by atoms with E-state index in [0.717, 1.165) is 23.2 Å². The van der Waals surface area contributed by atoms with Crippen LogP contribution in [0.25, 0.3) is 0 Å². The predicted octanol–water partition coefficient (Wildman–Crippen LogP) is 3.30. The second kappa shape index (κ2) is 6.42. The standard InChI is InChI=1S/C14H11F4N3O/c1-21(7-8-4-9(15)13(18)10(16)5-8)14(22)20-12-2-3-19-6-11(12)17/h2-6H,7H2,1H3,(H,19,20,22). The molecule has 2 aromatic rings. The summed E-state index contributed by atoms with van der Waals surface area (Å²) < 4.78 is 52.4. The Kier molecular flexibility index (Phi) is 4.59. The molecule has 0 aliphatic carbocycles. The maximum atomic E-state index is 13.4. The summed E-state index contributed by atoms with van der Waals surface area (Å²) in [7, 11) is 1.34. The van der Waals surface area contributed by atoms with Crippen molar-refractivity contribution < 1.29 is 22.4 Å². The Morgan fingerprint density at radius 1 is 1.18 bits per heavy atom. The summed E-state index contributed by atoms with van der Waals surface area (Å²) in [5.74, 6) is -4.98. The van der Waals surface area contributed by atoms with Crippen LogP contribution in [0.15, 0.2) is 30.6 Å². The monoisotopic (exact) mass is 313 g/mol. The lowest BCUT2D eigenvalue weighted by Crippen LogP contribution is -2.31. The van der Waals surface area contributed by atoms with Crippen LogP contribution in [0.3, 0.4) is 0 Å². The molecule has 2 amide bonds. The number of halogens is 4. The molecule has 4 nitrogen and oxygen atoms in total. The van der Waals surface area contributed by atoms with E-state index in [1.54, 1.807) is 0 Å². The van der Waals surface area contributed by atoms with Gasteiger partial charge in [-0.15, -0.1) is 0 Å². The average Bonchev–Trinajstić information content (AvgIpc) is 2.47. The van der Waals surface area contributed by atoms with E-state index in [4.69, 9.17) is 0 Å².